The van der Waals surface area contributed by atoms with Crippen molar-refractivity contribution in [2.24, 2.45) is 0 Å². The second-order valence-electron chi connectivity index (χ2n) is 8.27. The molecule has 182 valence electrons. The first kappa shape index (κ1) is 25.7. The maximum Gasteiger partial charge on any atom is 0.242 e. The summed E-state index contributed by atoms with van der Waals surface area (Å²) >= 11 is 6.04. The van der Waals surface area contributed by atoms with Crippen molar-refractivity contribution >= 4 is 34.3 Å². The monoisotopic (exact) mass is 487 g/mol. The molecule has 8 heteroatoms. The van der Waals surface area contributed by atoms with Gasteiger partial charge in [-0.25, -0.2) is 4.39 Å². The number of rotatable bonds is 12. The smallest absolute Gasteiger partial charge is 0.242 e. The lowest BCUT2D eigenvalue weighted by Crippen LogP contribution is -2.45. The minimum atomic E-state index is -0.730. The molecule has 1 unspecified atom stereocenters. The number of nitrogens with one attached hydrogen (secondary N) is 1. The largest absolute Gasteiger partial charge is 0.385 e. The molecule has 1 atom stereocenters. The van der Waals surface area contributed by atoms with Gasteiger partial charge in [-0.15, -0.1) is 11.6 Å². The number of aromatic nitrogens is 1. The predicted octanol–water partition coefficient (Wildman–Crippen LogP) is 4.37. The molecule has 0 spiro atoms. The van der Waals surface area contributed by atoms with E-state index in [9.17, 15) is 14.0 Å². The number of H-pyrrole nitrogens is 1. The average Bonchev–Trinajstić information content (AvgIpc) is 3.25. The van der Waals surface area contributed by atoms with Crippen LogP contribution in [0.3, 0.4) is 0 Å². The van der Waals surface area contributed by atoms with Crippen LogP contribution in [0.5, 0.6) is 0 Å². The lowest BCUT2D eigenvalue weighted by Gasteiger charge is -2.28. The molecular formula is C26H31ClFN3O3. The second kappa shape index (κ2) is 12.5. The number of halogens is 2. The number of fused-ring (bicyclic) bond motifs is 1. The lowest BCUT2D eigenvalue weighted by atomic mass is 10.1. The molecule has 3 rings (SSSR count). The van der Waals surface area contributed by atoms with Crippen LogP contribution in [0.4, 0.5) is 4.39 Å². The van der Waals surface area contributed by atoms with E-state index in [1.165, 1.54) is 17.0 Å². The quantitative estimate of drug-likeness (QED) is 0.305. The SMILES string of the molecule is COCCCN(CC(=O)N(CCc1c[nH]c2ccccc12)Cc1ccc(F)cc1)C(=O)C(C)Cl. The fourth-order valence-corrected chi connectivity index (χ4v) is 4.02. The molecule has 2 aromatic carbocycles. The number of carbonyl (C=O) groups excluding carboxylic acids is 2. The third-order valence-corrected chi connectivity index (χ3v) is 5.91. The van der Waals surface area contributed by atoms with Gasteiger partial charge >= 0.3 is 0 Å². The number of hydrogen-bond donors (Lipinski definition) is 1. The third-order valence-electron chi connectivity index (χ3n) is 5.72. The molecule has 1 N–H and O–H groups in total. The van der Waals surface area contributed by atoms with Gasteiger partial charge in [0.15, 0.2) is 0 Å². The van der Waals surface area contributed by atoms with Gasteiger partial charge in [0.1, 0.15) is 11.2 Å². The fourth-order valence-electron chi connectivity index (χ4n) is 3.88. The Hall–Kier alpha value is -2.90. The van der Waals surface area contributed by atoms with E-state index in [0.717, 1.165) is 22.0 Å². The first-order valence-electron chi connectivity index (χ1n) is 11.4. The van der Waals surface area contributed by atoms with E-state index in [2.05, 4.69) is 4.98 Å². The Morgan fingerprint density at radius 3 is 2.53 bits per heavy atom. The predicted molar refractivity (Wildman–Crippen MR) is 132 cm³/mol. The van der Waals surface area contributed by atoms with Gasteiger partial charge in [-0.2, -0.15) is 0 Å². The molecule has 0 aliphatic rings. The first-order chi connectivity index (χ1) is 16.4. The molecular weight excluding hydrogens is 457 g/mol. The Kier molecular flexibility index (Phi) is 9.48. The number of hydrogen-bond acceptors (Lipinski definition) is 3. The van der Waals surface area contributed by atoms with Crippen molar-refractivity contribution in [3.63, 3.8) is 0 Å². The number of benzene rings is 2. The van der Waals surface area contributed by atoms with Gasteiger partial charge in [-0.3, -0.25) is 9.59 Å². The standard InChI is InChI=1S/C26H31ClFN3O3/c1-19(27)26(33)31(13-5-15-34-2)18-25(32)30(17-20-8-10-22(28)11-9-20)14-12-21-16-29-24-7-4-3-6-23(21)24/h3-4,6-11,16,19,29H,5,12-15,17-18H2,1-2H3. The topological polar surface area (TPSA) is 65.6 Å². The van der Waals surface area contributed by atoms with Crippen LogP contribution >= 0.6 is 11.6 Å². The van der Waals surface area contributed by atoms with Crippen LogP contribution in [0.1, 0.15) is 24.5 Å². The maximum absolute atomic E-state index is 13.4. The summed E-state index contributed by atoms with van der Waals surface area (Å²) in [7, 11) is 1.59. The van der Waals surface area contributed by atoms with E-state index in [-0.39, 0.29) is 24.2 Å². The molecule has 1 heterocycles. The number of nitrogens with zero attached hydrogens (tertiary/aromatic N) is 2. The minimum absolute atomic E-state index is 0.0747. The second-order valence-corrected chi connectivity index (χ2v) is 8.93. The van der Waals surface area contributed by atoms with Crippen molar-refractivity contribution in [3.05, 3.63) is 71.7 Å². The van der Waals surface area contributed by atoms with Crippen LogP contribution in [0.25, 0.3) is 10.9 Å². The highest BCUT2D eigenvalue weighted by Gasteiger charge is 2.24. The molecule has 34 heavy (non-hydrogen) atoms. The van der Waals surface area contributed by atoms with Gasteiger partial charge in [0.05, 0.1) is 6.54 Å². The highest BCUT2D eigenvalue weighted by atomic mass is 35.5. The number of alkyl halides is 1. The Labute approximate surface area is 204 Å². The molecule has 0 aliphatic carbocycles. The van der Waals surface area contributed by atoms with Crippen molar-refractivity contribution in [2.45, 2.75) is 31.7 Å². The van der Waals surface area contributed by atoms with E-state index >= 15 is 0 Å². The van der Waals surface area contributed by atoms with Gasteiger partial charge in [-0.05, 0) is 49.1 Å². The summed E-state index contributed by atoms with van der Waals surface area (Å²) in [6, 6.07) is 14.1. The van der Waals surface area contributed by atoms with Crippen molar-refractivity contribution in [3.8, 4) is 0 Å². The molecule has 0 bridgehead atoms. The van der Waals surface area contributed by atoms with Gasteiger partial charge < -0.3 is 19.5 Å². The summed E-state index contributed by atoms with van der Waals surface area (Å²) in [4.78, 5) is 32.5. The van der Waals surface area contributed by atoms with Crippen LogP contribution in [0.15, 0.2) is 54.7 Å². The Balaban J connectivity index is 1.76. The molecule has 3 aromatic rings. The molecule has 0 fully saturated rings. The number of methoxy groups -OCH3 is 1. The van der Waals surface area contributed by atoms with E-state index in [1.54, 1.807) is 31.1 Å². The number of ether oxygens (including phenoxy) is 1. The van der Waals surface area contributed by atoms with Crippen molar-refractivity contribution < 1.29 is 18.7 Å². The molecule has 1 aromatic heterocycles. The van der Waals surface area contributed by atoms with E-state index in [1.807, 2.05) is 30.5 Å². The lowest BCUT2D eigenvalue weighted by molar-refractivity contribution is -0.140. The summed E-state index contributed by atoms with van der Waals surface area (Å²) in [6.07, 6.45) is 3.20. The van der Waals surface area contributed by atoms with Gasteiger partial charge in [0.2, 0.25) is 11.8 Å². The maximum atomic E-state index is 13.4. The summed E-state index contributed by atoms with van der Waals surface area (Å²) in [5, 5.41) is 0.385. The number of aromatic amines is 1. The van der Waals surface area contributed by atoms with Crippen LogP contribution < -0.4 is 0 Å². The molecule has 2 amide bonds. The zero-order chi connectivity index (χ0) is 24.5. The zero-order valence-corrected chi connectivity index (χ0v) is 20.4. The van der Waals surface area contributed by atoms with Crippen molar-refractivity contribution in [2.75, 3.05) is 33.4 Å². The van der Waals surface area contributed by atoms with Gasteiger partial charge in [-0.1, -0.05) is 30.3 Å². The number of amides is 2. The van der Waals surface area contributed by atoms with Crippen molar-refractivity contribution in [1.82, 2.24) is 14.8 Å². The summed E-state index contributed by atoms with van der Waals surface area (Å²) in [6.45, 7) is 3.16. The number of carbonyl (C=O) groups is 2. The van der Waals surface area contributed by atoms with Crippen molar-refractivity contribution in [1.29, 1.82) is 0 Å². The van der Waals surface area contributed by atoms with E-state index in [4.69, 9.17) is 16.3 Å². The first-order valence-corrected chi connectivity index (χ1v) is 11.8. The molecule has 0 aliphatic heterocycles. The van der Waals surface area contributed by atoms with Gasteiger partial charge in [0, 0.05) is 50.5 Å². The van der Waals surface area contributed by atoms with Crippen LogP contribution in [-0.4, -0.2) is 65.3 Å². The highest BCUT2D eigenvalue weighted by Crippen LogP contribution is 2.19. The molecule has 0 saturated carbocycles. The number of para-hydroxylation sites is 1. The van der Waals surface area contributed by atoms with E-state index < -0.39 is 5.38 Å². The van der Waals surface area contributed by atoms with Crippen LogP contribution in [0.2, 0.25) is 0 Å². The minimum Gasteiger partial charge on any atom is -0.385 e. The fraction of sp³-hybridized carbons (Fsp3) is 0.385. The average molecular weight is 488 g/mol. The molecule has 0 saturated heterocycles. The highest BCUT2D eigenvalue weighted by molar-refractivity contribution is 6.30. The van der Waals surface area contributed by atoms with Crippen LogP contribution in [0, 0.1) is 5.82 Å². The molecule has 6 nitrogen and oxygen atoms in total. The van der Waals surface area contributed by atoms with Gasteiger partial charge in [0.25, 0.3) is 0 Å². The zero-order valence-electron chi connectivity index (χ0n) is 19.6. The Morgan fingerprint density at radius 2 is 1.82 bits per heavy atom. The summed E-state index contributed by atoms with van der Waals surface area (Å²) in [5.41, 5.74) is 2.96. The molecule has 0 radical (unpaired) electrons. The van der Waals surface area contributed by atoms with Crippen LogP contribution in [-0.2, 0) is 27.3 Å². The Morgan fingerprint density at radius 1 is 1.09 bits per heavy atom. The summed E-state index contributed by atoms with van der Waals surface area (Å²) in [5.74, 6) is -0.803. The third kappa shape index (κ3) is 7.05. The van der Waals surface area contributed by atoms with E-state index in [0.29, 0.717) is 39.1 Å². The normalized spacial score (nSPS) is 12.0. The summed E-state index contributed by atoms with van der Waals surface area (Å²) < 4.78 is 18.5. The Bertz CT molecular complexity index is 1080.